The van der Waals surface area contributed by atoms with E-state index in [1.165, 1.54) is 56.4 Å². The van der Waals surface area contributed by atoms with Gasteiger partial charge in [-0.1, -0.05) is 37.6 Å². The summed E-state index contributed by atoms with van der Waals surface area (Å²) in [5, 5.41) is 0. The number of piperidine rings is 1. The zero-order valence-electron chi connectivity index (χ0n) is 11.7. The molecule has 1 aliphatic rings. The highest BCUT2D eigenvalue weighted by Gasteiger charge is 2.16. The minimum absolute atomic E-state index is 0.894. The van der Waals surface area contributed by atoms with Crippen molar-refractivity contribution < 1.29 is 0 Å². The normalized spacial score (nSPS) is 18.1. The molecule has 0 spiro atoms. The Morgan fingerprint density at radius 1 is 1.11 bits per heavy atom. The Bertz CT molecular complexity index is 333. The van der Waals surface area contributed by atoms with Gasteiger partial charge in [0.25, 0.3) is 0 Å². The summed E-state index contributed by atoms with van der Waals surface area (Å²) >= 11 is 0. The van der Waals surface area contributed by atoms with Crippen molar-refractivity contribution in [2.75, 3.05) is 19.6 Å². The van der Waals surface area contributed by atoms with E-state index >= 15 is 0 Å². The first-order chi connectivity index (χ1) is 8.81. The lowest BCUT2D eigenvalue weighted by molar-refractivity contribution is 0.184. The van der Waals surface area contributed by atoms with Crippen LogP contribution in [-0.4, -0.2) is 24.5 Å². The minimum atomic E-state index is 0.894. The van der Waals surface area contributed by atoms with E-state index in [0.29, 0.717) is 0 Å². The molecule has 0 aromatic heterocycles. The van der Waals surface area contributed by atoms with Gasteiger partial charge in [0.15, 0.2) is 0 Å². The molecular formula is C17H26N. The SMILES string of the molecule is [CH2]Cc1ccc(CCN2CCC(CC)CC2)cc1. The molecule has 1 nitrogen and oxygen atoms in total. The Balaban J connectivity index is 1.74. The Hall–Kier alpha value is -0.820. The highest BCUT2D eigenvalue weighted by molar-refractivity contribution is 5.23. The molecule has 1 heteroatoms. The summed E-state index contributed by atoms with van der Waals surface area (Å²) in [6.45, 7) is 10.1. The van der Waals surface area contributed by atoms with Crippen LogP contribution in [0.4, 0.5) is 0 Å². The predicted octanol–water partition coefficient (Wildman–Crippen LogP) is 3.73. The van der Waals surface area contributed by atoms with Gasteiger partial charge in [0.1, 0.15) is 0 Å². The molecule has 0 saturated carbocycles. The molecule has 2 rings (SSSR count). The second-order valence-corrected chi connectivity index (χ2v) is 5.51. The van der Waals surface area contributed by atoms with E-state index in [0.717, 1.165) is 12.3 Å². The summed E-state index contributed by atoms with van der Waals surface area (Å²) in [7, 11) is 0. The lowest BCUT2D eigenvalue weighted by Gasteiger charge is -2.31. The predicted molar refractivity (Wildman–Crippen MR) is 78.7 cm³/mol. The molecular weight excluding hydrogens is 218 g/mol. The third-order valence-electron chi connectivity index (χ3n) is 4.31. The number of rotatable bonds is 5. The molecule has 0 bridgehead atoms. The van der Waals surface area contributed by atoms with Crippen molar-refractivity contribution in [3.05, 3.63) is 42.3 Å². The molecule has 1 saturated heterocycles. The van der Waals surface area contributed by atoms with Gasteiger partial charge in [-0.2, -0.15) is 0 Å². The van der Waals surface area contributed by atoms with E-state index < -0.39 is 0 Å². The van der Waals surface area contributed by atoms with Gasteiger partial charge in [-0.05, 0) is 62.7 Å². The van der Waals surface area contributed by atoms with E-state index in [1.54, 1.807) is 0 Å². The van der Waals surface area contributed by atoms with Crippen molar-refractivity contribution in [2.45, 2.75) is 39.0 Å². The Morgan fingerprint density at radius 2 is 1.72 bits per heavy atom. The highest BCUT2D eigenvalue weighted by Crippen LogP contribution is 2.20. The lowest BCUT2D eigenvalue weighted by atomic mass is 9.94. The molecule has 1 aromatic rings. The quantitative estimate of drug-likeness (QED) is 0.763. The largest absolute Gasteiger partial charge is 0.303 e. The fourth-order valence-electron chi connectivity index (χ4n) is 2.78. The van der Waals surface area contributed by atoms with Gasteiger partial charge in [0, 0.05) is 6.54 Å². The molecule has 1 aliphatic heterocycles. The summed E-state index contributed by atoms with van der Waals surface area (Å²) in [6.07, 6.45) is 6.24. The van der Waals surface area contributed by atoms with Crippen molar-refractivity contribution in [1.29, 1.82) is 0 Å². The lowest BCUT2D eigenvalue weighted by Crippen LogP contribution is -2.34. The molecule has 1 radical (unpaired) electrons. The van der Waals surface area contributed by atoms with Gasteiger partial charge >= 0.3 is 0 Å². The first kappa shape index (κ1) is 13.6. The molecule has 99 valence electrons. The Morgan fingerprint density at radius 3 is 2.28 bits per heavy atom. The third kappa shape index (κ3) is 3.84. The first-order valence-corrected chi connectivity index (χ1v) is 7.41. The number of hydrogen-bond donors (Lipinski definition) is 0. The van der Waals surface area contributed by atoms with Crippen LogP contribution in [0, 0.1) is 12.8 Å². The third-order valence-corrected chi connectivity index (χ3v) is 4.31. The molecule has 0 amide bonds. The van der Waals surface area contributed by atoms with Crippen molar-refractivity contribution in [3.63, 3.8) is 0 Å². The molecule has 0 atom stereocenters. The van der Waals surface area contributed by atoms with Crippen LogP contribution < -0.4 is 0 Å². The summed E-state index contributed by atoms with van der Waals surface area (Å²) in [5.74, 6) is 0.984. The summed E-state index contributed by atoms with van der Waals surface area (Å²) in [5.41, 5.74) is 2.80. The average Bonchev–Trinajstić information content (AvgIpc) is 2.46. The molecule has 1 heterocycles. The summed E-state index contributed by atoms with van der Waals surface area (Å²) in [4.78, 5) is 2.63. The van der Waals surface area contributed by atoms with Gasteiger partial charge < -0.3 is 4.90 Å². The van der Waals surface area contributed by atoms with Gasteiger partial charge in [-0.15, -0.1) is 0 Å². The van der Waals surface area contributed by atoms with E-state index in [2.05, 4.69) is 43.0 Å². The van der Waals surface area contributed by atoms with E-state index in [-0.39, 0.29) is 0 Å². The van der Waals surface area contributed by atoms with E-state index in [1.807, 2.05) is 0 Å². The van der Waals surface area contributed by atoms with Crippen molar-refractivity contribution >= 4 is 0 Å². The van der Waals surface area contributed by atoms with Gasteiger partial charge in [0.05, 0.1) is 0 Å². The zero-order valence-corrected chi connectivity index (χ0v) is 11.7. The smallest absolute Gasteiger partial charge is 0.00218 e. The molecule has 1 fully saturated rings. The standard InChI is InChI=1S/C17H26N/c1-3-15-5-7-17(8-6-15)11-14-18-12-9-16(4-2)10-13-18/h5-8,16H,1,3-4,9-14H2,2H3. The van der Waals surface area contributed by atoms with E-state index in [9.17, 15) is 0 Å². The maximum Gasteiger partial charge on any atom is 0.00218 e. The van der Waals surface area contributed by atoms with Crippen LogP contribution in [0.5, 0.6) is 0 Å². The maximum atomic E-state index is 3.91. The molecule has 0 N–H and O–H groups in total. The first-order valence-electron chi connectivity index (χ1n) is 7.41. The van der Waals surface area contributed by atoms with Crippen LogP contribution in [0.2, 0.25) is 0 Å². The van der Waals surface area contributed by atoms with Crippen LogP contribution in [0.3, 0.4) is 0 Å². The van der Waals surface area contributed by atoms with Crippen LogP contribution >= 0.6 is 0 Å². The zero-order chi connectivity index (χ0) is 12.8. The van der Waals surface area contributed by atoms with Crippen LogP contribution in [0.25, 0.3) is 0 Å². The van der Waals surface area contributed by atoms with Crippen molar-refractivity contribution in [3.8, 4) is 0 Å². The Kier molecular flexibility index (Phi) is 5.25. The monoisotopic (exact) mass is 244 g/mol. The van der Waals surface area contributed by atoms with Crippen LogP contribution in [0.15, 0.2) is 24.3 Å². The van der Waals surface area contributed by atoms with Crippen LogP contribution in [0.1, 0.15) is 37.3 Å². The van der Waals surface area contributed by atoms with Crippen molar-refractivity contribution in [2.24, 2.45) is 5.92 Å². The number of likely N-dealkylation sites (tertiary alicyclic amines) is 1. The number of hydrogen-bond acceptors (Lipinski definition) is 1. The van der Waals surface area contributed by atoms with E-state index in [4.69, 9.17) is 0 Å². The fourth-order valence-corrected chi connectivity index (χ4v) is 2.78. The molecule has 0 unspecified atom stereocenters. The topological polar surface area (TPSA) is 3.24 Å². The maximum absolute atomic E-state index is 3.91. The van der Waals surface area contributed by atoms with Gasteiger partial charge in [0.2, 0.25) is 0 Å². The van der Waals surface area contributed by atoms with Gasteiger partial charge in [-0.3, -0.25) is 0 Å². The Labute approximate surface area is 112 Å². The average molecular weight is 244 g/mol. The molecule has 1 aromatic carbocycles. The fraction of sp³-hybridized carbons (Fsp3) is 0.588. The van der Waals surface area contributed by atoms with Gasteiger partial charge in [-0.25, -0.2) is 0 Å². The minimum Gasteiger partial charge on any atom is -0.303 e. The number of nitrogens with zero attached hydrogens (tertiary/aromatic N) is 1. The molecule has 18 heavy (non-hydrogen) atoms. The second-order valence-electron chi connectivity index (χ2n) is 5.51. The summed E-state index contributed by atoms with van der Waals surface area (Å²) < 4.78 is 0. The number of benzene rings is 1. The second kappa shape index (κ2) is 6.94. The molecule has 0 aliphatic carbocycles. The summed E-state index contributed by atoms with van der Waals surface area (Å²) in [6, 6.07) is 8.95. The van der Waals surface area contributed by atoms with Crippen molar-refractivity contribution in [1.82, 2.24) is 4.90 Å². The van der Waals surface area contributed by atoms with Crippen LogP contribution in [-0.2, 0) is 12.8 Å². The highest BCUT2D eigenvalue weighted by atomic mass is 15.1.